The van der Waals surface area contributed by atoms with Crippen LogP contribution in [-0.2, 0) is 6.42 Å². The van der Waals surface area contributed by atoms with Crippen LogP contribution < -0.4 is 11.1 Å². The van der Waals surface area contributed by atoms with Crippen molar-refractivity contribution in [3.63, 3.8) is 0 Å². The first-order chi connectivity index (χ1) is 8.20. The Morgan fingerprint density at radius 1 is 1.47 bits per heavy atom. The molecule has 0 bridgehead atoms. The number of nitrogen functional groups attached to an aromatic ring is 1. The molecule has 0 spiro atoms. The molecule has 0 aliphatic carbocycles. The van der Waals surface area contributed by atoms with Gasteiger partial charge < -0.3 is 11.1 Å². The van der Waals surface area contributed by atoms with E-state index in [4.69, 9.17) is 5.73 Å². The highest BCUT2D eigenvalue weighted by Crippen LogP contribution is 2.18. The number of nitrogens with one attached hydrogen (secondary N) is 2. The van der Waals surface area contributed by atoms with Crippen molar-refractivity contribution in [1.82, 2.24) is 10.2 Å². The van der Waals surface area contributed by atoms with E-state index in [0.717, 1.165) is 12.0 Å². The lowest BCUT2D eigenvalue weighted by Gasteiger charge is -2.07. The van der Waals surface area contributed by atoms with Crippen molar-refractivity contribution in [3.05, 3.63) is 41.7 Å². The molecule has 17 heavy (non-hydrogen) atoms. The molecule has 1 aromatic heterocycles. The molecule has 0 saturated heterocycles. The largest absolute Gasteiger partial charge is 0.398 e. The Balaban J connectivity index is 2.14. The molecule has 0 aliphatic rings. The summed E-state index contributed by atoms with van der Waals surface area (Å²) in [5.41, 5.74) is 8.72. The maximum Gasteiger partial charge on any atom is 0.273 e. The second kappa shape index (κ2) is 4.69. The number of carbonyl (C=O) groups excluding carboxylic acids is 1. The van der Waals surface area contributed by atoms with Gasteiger partial charge in [-0.15, -0.1) is 0 Å². The first-order valence-electron chi connectivity index (χ1n) is 5.40. The van der Waals surface area contributed by atoms with Gasteiger partial charge in [0.25, 0.3) is 5.91 Å². The van der Waals surface area contributed by atoms with Gasteiger partial charge in [0.05, 0.1) is 0 Å². The van der Waals surface area contributed by atoms with Crippen LogP contribution >= 0.6 is 0 Å². The summed E-state index contributed by atoms with van der Waals surface area (Å²) in [6, 6.07) is 7.12. The molecule has 0 aliphatic heterocycles. The van der Waals surface area contributed by atoms with E-state index in [1.165, 1.54) is 6.20 Å². The number of hydrogen-bond acceptors (Lipinski definition) is 3. The van der Waals surface area contributed by atoms with Crippen molar-refractivity contribution in [2.45, 2.75) is 13.3 Å². The molecule has 4 N–H and O–H groups in total. The standard InChI is InChI=1S/C12H14N4O/c1-2-8-3-4-9(7-10(8)13)15-12(17)11-5-6-14-16-11/h3-7H,2,13H2,1H3,(H,14,16)(H,15,17). The van der Waals surface area contributed by atoms with E-state index in [2.05, 4.69) is 15.5 Å². The number of rotatable bonds is 3. The average molecular weight is 230 g/mol. The summed E-state index contributed by atoms with van der Waals surface area (Å²) in [4.78, 5) is 11.7. The zero-order valence-corrected chi connectivity index (χ0v) is 9.53. The van der Waals surface area contributed by atoms with E-state index >= 15 is 0 Å². The van der Waals surface area contributed by atoms with Gasteiger partial charge in [0, 0.05) is 17.6 Å². The van der Waals surface area contributed by atoms with Crippen molar-refractivity contribution in [2.75, 3.05) is 11.1 Å². The molecule has 5 nitrogen and oxygen atoms in total. The van der Waals surface area contributed by atoms with Gasteiger partial charge in [-0.3, -0.25) is 9.89 Å². The molecule has 2 aromatic rings. The molecule has 0 saturated carbocycles. The van der Waals surface area contributed by atoms with Crippen LogP contribution in [0.1, 0.15) is 23.0 Å². The zero-order valence-electron chi connectivity index (χ0n) is 9.53. The lowest BCUT2D eigenvalue weighted by molar-refractivity contribution is 0.102. The molecule has 1 aromatic carbocycles. The molecular formula is C12H14N4O. The quantitative estimate of drug-likeness (QED) is 0.703. The van der Waals surface area contributed by atoms with E-state index in [1.54, 1.807) is 12.1 Å². The molecule has 88 valence electrons. The van der Waals surface area contributed by atoms with Gasteiger partial charge in [-0.1, -0.05) is 13.0 Å². The van der Waals surface area contributed by atoms with Gasteiger partial charge in [0.2, 0.25) is 0 Å². The van der Waals surface area contributed by atoms with E-state index in [1.807, 2.05) is 19.1 Å². The SMILES string of the molecule is CCc1ccc(NC(=O)c2ccn[nH]2)cc1N. The van der Waals surface area contributed by atoms with Gasteiger partial charge in [-0.2, -0.15) is 5.10 Å². The van der Waals surface area contributed by atoms with Gasteiger partial charge in [0.1, 0.15) is 5.69 Å². The highest BCUT2D eigenvalue weighted by Gasteiger charge is 2.07. The summed E-state index contributed by atoms with van der Waals surface area (Å²) in [6.45, 7) is 2.04. The minimum absolute atomic E-state index is 0.230. The Labute approximate surface area is 99.0 Å². The van der Waals surface area contributed by atoms with Crippen LogP contribution in [0.3, 0.4) is 0 Å². The van der Waals surface area contributed by atoms with E-state index < -0.39 is 0 Å². The number of aromatic nitrogens is 2. The Morgan fingerprint density at radius 3 is 2.88 bits per heavy atom. The van der Waals surface area contributed by atoms with Crippen LogP contribution in [0.5, 0.6) is 0 Å². The first kappa shape index (κ1) is 11.2. The van der Waals surface area contributed by atoms with Crippen LogP contribution in [0, 0.1) is 0 Å². The fourth-order valence-corrected chi connectivity index (χ4v) is 1.58. The fraction of sp³-hybridized carbons (Fsp3) is 0.167. The van der Waals surface area contributed by atoms with Crippen LogP contribution in [0.25, 0.3) is 0 Å². The molecule has 5 heteroatoms. The van der Waals surface area contributed by atoms with E-state index in [-0.39, 0.29) is 5.91 Å². The summed E-state index contributed by atoms with van der Waals surface area (Å²) in [5.74, 6) is -0.230. The minimum Gasteiger partial charge on any atom is -0.398 e. The van der Waals surface area contributed by atoms with Crippen molar-refractivity contribution in [1.29, 1.82) is 0 Å². The predicted octanol–water partition coefficient (Wildman–Crippen LogP) is 1.81. The number of benzene rings is 1. The Morgan fingerprint density at radius 2 is 2.29 bits per heavy atom. The molecule has 1 amide bonds. The van der Waals surface area contributed by atoms with Gasteiger partial charge in [0.15, 0.2) is 0 Å². The fourth-order valence-electron chi connectivity index (χ4n) is 1.58. The highest BCUT2D eigenvalue weighted by atomic mass is 16.1. The zero-order chi connectivity index (χ0) is 12.3. The number of nitrogens with zero attached hydrogens (tertiary/aromatic N) is 1. The van der Waals surface area contributed by atoms with E-state index in [0.29, 0.717) is 17.1 Å². The van der Waals surface area contributed by atoms with Crippen LogP contribution in [-0.4, -0.2) is 16.1 Å². The number of aryl methyl sites for hydroxylation is 1. The van der Waals surface area contributed by atoms with Crippen LogP contribution in [0.4, 0.5) is 11.4 Å². The number of nitrogens with two attached hydrogens (primary N) is 1. The van der Waals surface area contributed by atoms with Crippen molar-refractivity contribution < 1.29 is 4.79 Å². The number of amides is 1. The average Bonchev–Trinajstić information content (AvgIpc) is 2.82. The maximum absolute atomic E-state index is 11.7. The summed E-state index contributed by atoms with van der Waals surface area (Å²) in [7, 11) is 0. The molecule has 0 fully saturated rings. The number of anilines is 2. The van der Waals surface area contributed by atoms with Crippen LogP contribution in [0.2, 0.25) is 0 Å². The number of aromatic amines is 1. The predicted molar refractivity (Wildman–Crippen MR) is 66.8 cm³/mol. The van der Waals surface area contributed by atoms with Gasteiger partial charge >= 0.3 is 0 Å². The molecule has 2 rings (SSSR count). The summed E-state index contributed by atoms with van der Waals surface area (Å²) in [5, 5.41) is 9.07. The van der Waals surface area contributed by atoms with Gasteiger partial charge in [-0.25, -0.2) is 0 Å². The van der Waals surface area contributed by atoms with Crippen molar-refractivity contribution in [2.24, 2.45) is 0 Å². The van der Waals surface area contributed by atoms with Crippen LogP contribution in [0.15, 0.2) is 30.5 Å². The Bertz CT molecular complexity index is 519. The van der Waals surface area contributed by atoms with E-state index in [9.17, 15) is 4.79 Å². The maximum atomic E-state index is 11.7. The summed E-state index contributed by atoms with van der Waals surface area (Å²) in [6.07, 6.45) is 2.41. The van der Waals surface area contributed by atoms with Crippen molar-refractivity contribution in [3.8, 4) is 0 Å². The topological polar surface area (TPSA) is 83.8 Å². The normalized spacial score (nSPS) is 10.2. The Hall–Kier alpha value is -2.30. The second-order valence-electron chi connectivity index (χ2n) is 3.69. The smallest absolute Gasteiger partial charge is 0.273 e. The number of H-pyrrole nitrogens is 1. The summed E-state index contributed by atoms with van der Waals surface area (Å²) >= 11 is 0. The molecule has 0 atom stereocenters. The minimum atomic E-state index is -0.230. The first-order valence-corrected chi connectivity index (χ1v) is 5.40. The number of carbonyl (C=O) groups is 1. The summed E-state index contributed by atoms with van der Waals surface area (Å²) < 4.78 is 0. The van der Waals surface area contributed by atoms with Crippen molar-refractivity contribution >= 4 is 17.3 Å². The number of hydrogen-bond donors (Lipinski definition) is 3. The lowest BCUT2D eigenvalue weighted by Crippen LogP contribution is -2.12. The molecule has 0 unspecified atom stereocenters. The third-order valence-corrected chi connectivity index (χ3v) is 2.53. The third-order valence-electron chi connectivity index (χ3n) is 2.53. The van der Waals surface area contributed by atoms with Gasteiger partial charge in [-0.05, 0) is 30.2 Å². The monoisotopic (exact) mass is 230 g/mol. The highest BCUT2D eigenvalue weighted by molar-refractivity contribution is 6.03. The molecule has 1 heterocycles. The second-order valence-corrected chi connectivity index (χ2v) is 3.69. The lowest BCUT2D eigenvalue weighted by atomic mass is 10.1. The Kier molecular flexibility index (Phi) is 3.09. The molecular weight excluding hydrogens is 216 g/mol. The molecule has 0 radical (unpaired) electrons. The third kappa shape index (κ3) is 2.44.